The molecule has 1 amide bonds. The Balaban J connectivity index is 1.45. The average molecular weight is 397 g/mol. The van der Waals surface area contributed by atoms with E-state index in [4.69, 9.17) is 0 Å². The van der Waals surface area contributed by atoms with Gasteiger partial charge in [-0.15, -0.1) is 0 Å². The van der Waals surface area contributed by atoms with Gasteiger partial charge in [0.05, 0.1) is 0 Å². The van der Waals surface area contributed by atoms with Crippen LogP contribution in [0, 0.1) is 0 Å². The summed E-state index contributed by atoms with van der Waals surface area (Å²) in [6, 6.07) is 16.1. The van der Waals surface area contributed by atoms with Gasteiger partial charge in [-0.3, -0.25) is 4.79 Å². The van der Waals surface area contributed by atoms with Crippen LogP contribution in [0.15, 0.2) is 73.1 Å². The first-order valence-corrected chi connectivity index (χ1v) is 9.15. The lowest BCUT2D eigenvalue weighted by Gasteiger charge is -2.08. The second kappa shape index (κ2) is 10.2. The second-order valence-electron chi connectivity index (χ2n) is 6.28. The Bertz CT molecular complexity index is 938. The molecule has 0 saturated heterocycles. The molecule has 0 saturated carbocycles. The molecule has 2 aromatic carbocycles. The van der Waals surface area contributed by atoms with Crippen molar-refractivity contribution in [3.05, 3.63) is 90.0 Å². The fourth-order valence-corrected chi connectivity index (χ4v) is 2.78. The lowest BCUT2D eigenvalue weighted by Crippen LogP contribution is -2.24. The Morgan fingerprint density at radius 2 is 1.90 bits per heavy atom. The quantitative estimate of drug-likeness (QED) is 0.557. The van der Waals surface area contributed by atoms with Crippen molar-refractivity contribution in [2.45, 2.75) is 19.6 Å². The van der Waals surface area contributed by atoms with E-state index < -0.39 is 6.61 Å². The van der Waals surface area contributed by atoms with E-state index in [0.717, 1.165) is 12.4 Å². The smallest absolute Gasteiger partial charge is 0.387 e. The van der Waals surface area contributed by atoms with Crippen molar-refractivity contribution < 1.29 is 18.3 Å². The van der Waals surface area contributed by atoms with E-state index in [1.807, 2.05) is 24.4 Å². The number of amides is 1. The second-order valence-corrected chi connectivity index (χ2v) is 6.28. The molecule has 0 fully saturated rings. The lowest BCUT2D eigenvalue weighted by molar-refractivity contribution is -0.116. The van der Waals surface area contributed by atoms with Gasteiger partial charge in [-0.2, -0.15) is 8.78 Å². The predicted molar refractivity (Wildman–Crippen MR) is 107 cm³/mol. The number of carbonyl (C=O) groups is 1. The molecule has 0 unspecified atom stereocenters. The van der Waals surface area contributed by atoms with E-state index in [9.17, 15) is 13.6 Å². The number of ether oxygens (including phenoxy) is 1. The molecule has 0 aliphatic rings. The third kappa shape index (κ3) is 6.57. The van der Waals surface area contributed by atoms with Crippen LogP contribution in [0.5, 0.6) is 5.75 Å². The number of aromatic nitrogens is 2. The van der Waals surface area contributed by atoms with Crippen molar-refractivity contribution in [2.24, 2.45) is 0 Å². The third-order valence-electron chi connectivity index (χ3n) is 4.18. The van der Waals surface area contributed by atoms with Gasteiger partial charge in [0.15, 0.2) is 0 Å². The molecule has 1 heterocycles. The van der Waals surface area contributed by atoms with Crippen molar-refractivity contribution in [1.82, 2.24) is 14.9 Å². The van der Waals surface area contributed by atoms with Gasteiger partial charge in [-0.1, -0.05) is 42.5 Å². The zero-order valence-corrected chi connectivity index (χ0v) is 15.7. The lowest BCUT2D eigenvalue weighted by atomic mass is 10.2. The normalized spacial score (nSPS) is 11.1. The fourth-order valence-electron chi connectivity index (χ4n) is 2.78. The van der Waals surface area contributed by atoms with Crippen molar-refractivity contribution >= 4 is 12.0 Å². The molecule has 0 spiro atoms. The van der Waals surface area contributed by atoms with E-state index in [1.54, 1.807) is 24.4 Å². The van der Waals surface area contributed by atoms with E-state index in [0.29, 0.717) is 18.5 Å². The molecule has 0 bridgehead atoms. The minimum atomic E-state index is -2.86. The monoisotopic (exact) mass is 397 g/mol. The van der Waals surface area contributed by atoms with Crippen LogP contribution in [0.2, 0.25) is 0 Å². The zero-order valence-electron chi connectivity index (χ0n) is 15.7. The molecule has 0 atom stereocenters. The number of rotatable bonds is 9. The Morgan fingerprint density at radius 1 is 1.14 bits per heavy atom. The van der Waals surface area contributed by atoms with E-state index in [2.05, 4.69) is 31.7 Å². The number of alkyl halides is 2. The van der Waals surface area contributed by atoms with Crippen LogP contribution in [0.4, 0.5) is 8.78 Å². The van der Waals surface area contributed by atoms with Gasteiger partial charge >= 0.3 is 6.61 Å². The average Bonchev–Trinajstić information content (AvgIpc) is 3.15. The van der Waals surface area contributed by atoms with Crippen molar-refractivity contribution in [3.8, 4) is 5.75 Å². The van der Waals surface area contributed by atoms with Crippen LogP contribution in [0.25, 0.3) is 6.08 Å². The molecule has 1 N–H and O–H groups in total. The zero-order chi connectivity index (χ0) is 20.5. The molecule has 29 heavy (non-hydrogen) atoms. The van der Waals surface area contributed by atoms with Crippen molar-refractivity contribution in [1.29, 1.82) is 0 Å². The van der Waals surface area contributed by atoms with E-state index in [1.165, 1.54) is 23.8 Å². The summed E-state index contributed by atoms with van der Waals surface area (Å²) in [6.07, 6.45) is 7.29. The van der Waals surface area contributed by atoms with Crippen LogP contribution in [-0.4, -0.2) is 28.6 Å². The Labute approximate surface area is 167 Å². The summed E-state index contributed by atoms with van der Waals surface area (Å²) in [6.45, 7) is -1.67. The molecule has 0 aliphatic carbocycles. The molecule has 0 aliphatic heterocycles. The largest absolute Gasteiger partial charge is 0.435 e. The maximum absolute atomic E-state index is 12.1. The number of carbonyl (C=O) groups excluding carboxylic acids is 1. The predicted octanol–water partition coefficient (Wildman–Crippen LogP) is 3.90. The Morgan fingerprint density at radius 3 is 2.62 bits per heavy atom. The Kier molecular flexibility index (Phi) is 7.10. The highest BCUT2D eigenvalue weighted by Gasteiger charge is 2.05. The number of hydrogen-bond donors (Lipinski definition) is 1. The van der Waals surface area contributed by atoms with Gasteiger partial charge in [-0.05, 0) is 29.3 Å². The first kappa shape index (κ1) is 20.3. The number of imidazole rings is 1. The number of benzene rings is 2. The van der Waals surface area contributed by atoms with Gasteiger partial charge in [0.1, 0.15) is 11.6 Å². The van der Waals surface area contributed by atoms with Gasteiger partial charge < -0.3 is 14.6 Å². The first-order valence-electron chi connectivity index (χ1n) is 9.15. The van der Waals surface area contributed by atoms with Gasteiger partial charge in [0.25, 0.3) is 0 Å². The summed E-state index contributed by atoms with van der Waals surface area (Å²) in [5.74, 6) is 0.736. The number of nitrogens with one attached hydrogen (secondary N) is 1. The molecule has 150 valence electrons. The molecule has 5 nitrogen and oxygen atoms in total. The third-order valence-corrected chi connectivity index (χ3v) is 4.18. The number of nitrogens with zero attached hydrogens (tertiary/aromatic N) is 2. The van der Waals surface area contributed by atoms with Crippen molar-refractivity contribution in [3.63, 3.8) is 0 Å². The van der Waals surface area contributed by atoms with Crippen LogP contribution < -0.4 is 10.1 Å². The molecular formula is C22H21F2N3O2. The maximum atomic E-state index is 12.1. The fraction of sp³-hybridized carbons (Fsp3) is 0.182. The van der Waals surface area contributed by atoms with Crippen LogP contribution in [-0.2, 0) is 17.8 Å². The Hall–Kier alpha value is -3.48. The SMILES string of the molecule is O=C(/C=C/c1ccc(OC(F)F)cc1)NCCc1nccn1Cc1ccccc1. The molecule has 0 radical (unpaired) electrons. The van der Waals surface area contributed by atoms with Crippen LogP contribution >= 0.6 is 0 Å². The minimum absolute atomic E-state index is 0.0765. The maximum Gasteiger partial charge on any atom is 0.387 e. The topological polar surface area (TPSA) is 56.1 Å². The highest BCUT2D eigenvalue weighted by Crippen LogP contribution is 2.15. The summed E-state index contributed by atoms with van der Waals surface area (Å²) in [7, 11) is 0. The van der Waals surface area contributed by atoms with E-state index in [-0.39, 0.29) is 11.7 Å². The van der Waals surface area contributed by atoms with Crippen LogP contribution in [0.1, 0.15) is 17.0 Å². The molecule has 3 rings (SSSR count). The molecule has 3 aromatic rings. The highest BCUT2D eigenvalue weighted by atomic mass is 19.3. The minimum Gasteiger partial charge on any atom is -0.435 e. The molecule has 7 heteroatoms. The van der Waals surface area contributed by atoms with Gasteiger partial charge in [0.2, 0.25) is 5.91 Å². The number of hydrogen-bond acceptors (Lipinski definition) is 3. The summed E-state index contributed by atoms with van der Waals surface area (Å²) >= 11 is 0. The summed E-state index contributed by atoms with van der Waals surface area (Å²) in [4.78, 5) is 16.3. The number of halogens is 2. The van der Waals surface area contributed by atoms with Gasteiger partial charge in [0, 0.05) is 38.0 Å². The standard InChI is InChI=1S/C22H21F2N3O2/c23-22(24)29-19-9-6-17(7-10-19)8-11-21(28)26-13-12-20-25-14-15-27(20)16-18-4-2-1-3-5-18/h1-11,14-15,22H,12-13,16H2,(H,26,28)/b11-8+. The van der Waals surface area contributed by atoms with Crippen LogP contribution in [0.3, 0.4) is 0 Å². The molecular weight excluding hydrogens is 376 g/mol. The summed E-state index contributed by atoms with van der Waals surface area (Å²) in [5, 5.41) is 2.82. The van der Waals surface area contributed by atoms with E-state index >= 15 is 0 Å². The highest BCUT2D eigenvalue weighted by molar-refractivity contribution is 5.91. The van der Waals surface area contributed by atoms with Gasteiger partial charge in [-0.25, -0.2) is 4.98 Å². The summed E-state index contributed by atoms with van der Waals surface area (Å²) in [5.41, 5.74) is 1.89. The first-order chi connectivity index (χ1) is 14.1. The molecule has 1 aromatic heterocycles. The van der Waals surface area contributed by atoms with Crippen molar-refractivity contribution in [2.75, 3.05) is 6.54 Å². The summed E-state index contributed by atoms with van der Waals surface area (Å²) < 4.78 is 30.6.